The highest BCUT2D eigenvalue weighted by atomic mass is 32.1. The molecule has 2 nitrogen and oxygen atoms in total. The number of nitrogens with zero attached hydrogens (tertiary/aromatic N) is 1. The fourth-order valence-electron chi connectivity index (χ4n) is 5.81. The summed E-state index contributed by atoms with van der Waals surface area (Å²) in [5.41, 5.74) is 10.8. The predicted octanol–water partition coefficient (Wildman–Crippen LogP) is 4.66. The van der Waals surface area contributed by atoms with Gasteiger partial charge in [-0.2, -0.15) is 0 Å². The Morgan fingerprint density at radius 2 is 2.05 bits per heavy atom. The van der Waals surface area contributed by atoms with Crippen LogP contribution in [0, 0.1) is 11.8 Å². The van der Waals surface area contributed by atoms with E-state index in [1.165, 1.54) is 56.1 Å². The minimum absolute atomic E-state index is 0.487. The van der Waals surface area contributed by atoms with Gasteiger partial charge in [0, 0.05) is 0 Å². The average Bonchev–Trinajstić information content (AvgIpc) is 2.85. The number of hydrogen-bond donors (Lipinski definition) is 1. The lowest BCUT2D eigenvalue weighted by Gasteiger charge is -2.55. The number of nitrogen functional groups attached to an aromatic ring is 1. The summed E-state index contributed by atoms with van der Waals surface area (Å²) in [7, 11) is 0. The molecular formula is C18H22N2S. The summed E-state index contributed by atoms with van der Waals surface area (Å²) in [4.78, 5) is 4.56. The second-order valence-corrected chi connectivity index (χ2v) is 8.46. The number of thiazole rings is 1. The first-order valence-electron chi connectivity index (χ1n) is 8.46. The van der Waals surface area contributed by atoms with E-state index in [1.807, 2.05) is 0 Å². The lowest BCUT2D eigenvalue weighted by molar-refractivity contribution is 0.0524. The van der Waals surface area contributed by atoms with Gasteiger partial charge in [0.2, 0.25) is 0 Å². The van der Waals surface area contributed by atoms with Crippen LogP contribution in [0.3, 0.4) is 0 Å². The Balaban J connectivity index is 1.77. The van der Waals surface area contributed by atoms with E-state index in [2.05, 4.69) is 17.1 Å². The number of aromatic nitrogens is 1. The van der Waals surface area contributed by atoms with Gasteiger partial charge in [-0.05, 0) is 72.6 Å². The van der Waals surface area contributed by atoms with Gasteiger partial charge in [-0.15, -0.1) is 0 Å². The van der Waals surface area contributed by atoms with Gasteiger partial charge in [0.25, 0.3) is 0 Å². The molecule has 0 spiro atoms. The van der Waals surface area contributed by atoms with Gasteiger partial charge >= 0.3 is 0 Å². The molecule has 2 bridgehead atoms. The van der Waals surface area contributed by atoms with Crippen LogP contribution in [0.4, 0.5) is 5.13 Å². The predicted molar refractivity (Wildman–Crippen MR) is 88.7 cm³/mol. The van der Waals surface area contributed by atoms with E-state index in [0.29, 0.717) is 10.5 Å². The molecule has 1 aromatic heterocycles. The zero-order valence-electron chi connectivity index (χ0n) is 12.4. The van der Waals surface area contributed by atoms with E-state index >= 15 is 0 Å². The Bertz CT molecular complexity index is 715. The molecule has 3 aliphatic rings. The number of benzene rings is 1. The molecule has 0 aliphatic heterocycles. The molecule has 2 N–H and O–H groups in total. The van der Waals surface area contributed by atoms with Crippen molar-refractivity contribution >= 4 is 26.7 Å². The van der Waals surface area contributed by atoms with Gasteiger partial charge < -0.3 is 5.73 Å². The molecule has 1 heterocycles. The van der Waals surface area contributed by atoms with Crippen LogP contribution in [0.1, 0.15) is 56.1 Å². The molecular weight excluding hydrogens is 276 g/mol. The van der Waals surface area contributed by atoms with Crippen LogP contribution in [0.15, 0.2) is 12.1 Å². The molecule has 2 saturated carbocycles. The molecule has 110 valence electrons. The first-order chi connectivity index (χ1) is 10.3. The fraction of sp³-hybridized carbons (Fsp3) is 0.611. The van der Waals surface area contributed by atoms with Crippen molar-refractivity contribution in [2.75, 3.05) is 5.73 Å². The first kappa shape index (κ1) is 12.5. The molecule has 2 fully saturated rings. The van der Waals surface area contributed by atoms with Crippen molar-refractivity contribution in [2.24, 2.45) is 11.8 Å². The number of nitrogens with two attached hydrogens (primary N) is 1. The van der Waals surface area contributed by atoms with Crippen molar-refractivity contribution in [3.05, 3.63) is 23.3 Å². The number of fused-ring (bicyclic) bond motifs is 2. The van der Waals surface area contributed by atoms with E-state index < -0.39 is 0 Å². The molecule has 0 radical (unpaired) electrons. The molecule has 21 heavy (non-hydrogen) atoms. The Labute approximate surface area is 129 Å². The maximum absolute atomic E-state index is 5.93. The third-order valence-corrected chi connectivity index (χ3v) is 7.36. The first-order valence-corrected chi connectivity index (χ1v) is 9.27. The van der Waals surface area contributed by atoms with Crippen LogP contribution in [0.2, 0.25) is 0 Å². The van der Waals surface area contributed by atoms with Gasteiger partial charge in [-0.1, -0.05) is 30.6 Å². The van der Waals surface area contributed by atoms with Gasteiger partial charge in [0.1, 0.15) is 0 Å². The fourth-order valence-corrected chi connectivity index (χ4v) is 6.59. The summed E-state index contributed by atoms with van der Waals surface area (Å²) in [5.74, 6) is 1.88. The Hall–Kier alpha value is -1.09. The van der Waals surface area contributed by atoms with Crippen LogP contribution in [-0.2, 0) is 11.8 Å². The second kappa shape index (κ2) is 4.22. The third-order valence-electron chi connectivity index (χ3n) is 6.51. The minimum Gasteiger partial charge on any atom is -0.375 e. The molecule has 3 aliphatic carbocycles. The minimum atomic E-state index is 0.487. The van der Waals surface area contributed by atoms with E-state index in [4.69, 9.17) is 5.73 Å². The Morgan fingerprint density at radius 1 is 1.14 bits per heavy atom. The summed E-state index contributed by atoms with van der Waals surface area (Å²) in [6.45, 7) is 0. The normalized spacial score (nSPS) is 34.5. The van der Waals surface area contributed by atoms with Gasteiger partial charge in [-0.25, -0.2) is 4.98 Å². The maximum Gasteiger partial charge on any atom is 0.181 e. The van der Waals surface area contributed by atoms with E-state index in [1.54, 1.807) is 22.5 Å². The van der Waals surface area contributed by atoms with Crippen LogP contribution in [0.25, 0.3) is 10.2 Å². The van der Waals surface area contributed by atoms with Crippen LogP contribution < -0.4 is 5.73 Å². The summed E-state index contributed by atoms with van der Waals surface area (Å²) >= 11 is 1.65. The monoisotopic (exact) mass is 298 g/mol. The standard InChI is InChI=1S/C18H22N2S/c19-17-20-15-10-14-12(9-16(15)21-17)8-11-4-3-7-18(14)6-2-1-5-13(11)18/h9-11,13H,1-8H2,(H2,19,20)/t11-,13+,18-/m1/s1. The van der Waals surface area contributed by atoms with Gasteiger partial charge in [0.15, 0.2) is 5.13 Å². The molecule has 2 aromatic rings. The van der Waals surface area contributed by atoms with E-state index in [9.17, 15) is 0 Å². The van der Waals surface area contributed by atoms with Crippen molar-refractivity contribution < 1.29 is 0 Å². The SMILES string of the molecule is Nc1nc2cc3c(cc2s1)C[C@H]1CCC[C@@]32CCCC[C@@H]12. The summed E-state index contributed by atoms with van der Waals surface area (Å²) in [6, 6.07) is 4.83. The topological polar surface area (TPSA) is 38.9 Å². The Morgan fingerprint density at radius 3 is 3.00 bits per heavy atom. The van der Waals surface area contributed by atoms with Crippen LogP contribution in [0.5, 0.6) is 0 Å². The lowest BCUT2D eigenvalue weighted by atomic mass is 9.49. The highest BCUT2D eigenvalue weighted by Gasteiger charge is 2.51. The van der Waals surface area contributed by atoms with E-state index in [-0.39, 0.29) is 0 Å². The molecule has 0 saturated heterocycles. The Kier molecular flexibility index (Phi) is 2.50. The molecule has 3 atom stereocenters. The highest BCUT2D eigenvalue weighted by Crippen LogP contribution is 2.59. The van der Waals surface area contributed by atoms with Crippen molar-refractivity contribution in [3.63, 3.8) is 0 Å². The molecule has 0 unspecified atom stereocenters. The average molecular weight is 298 g/mol. The molecule has 0 amide bonds. The van der Waals surface area contributed by atoms with E-state index in [0.717, 1.165) is 17.4 Å². The molecule has 1 aromatic carbocycles. The largest absolute Gasteiger partial charge is 0.375 e. The smallest absolute Gasteiger partial charge is 0.181 e. The summed E-state index contributed by atoms with van der Waals surface area (Å²) < 4.78 is 1.29. The quantitative estimate of drug-likeness (QED) is 0.768. The molecule has 3 heteroatoms. The zero-order chi connectivity index (χ0) is 14.0. The van der Waals surface area contributed by atoms with Crippen molar-refractivity contribution in [2.45, 2.75) is 56.8 Å². The summed E-state index contributed by atoms with van der Waals surface area (Å²) in [6.07, 6.45) is 11.3. The maximum atomic E-state index is 5.93. The van der Waals surface area contributed by atoms with Gasteiger partial charge in [-0.3, -0.25) is 0 Å². The number of rotatable bonds is 0. The lowest BCUT2D eigenvalue weighted by Crippen LogP contribution is -2.49. The number of hydrogen-bond acceptors (Lipinski definition) is 3. The van der Waals surface area contributed by atoms with Crippen molar-refractivity contribution in [1.29, 1.82) is 0 Å². The highest BCUT2D eigenvalue weighted by molar-refractivity contribution is 7.22. The van der Waals surface area contributed by atoms with Gasteiger partial charge in [0.05, 0.1) is 10.2 Å². The summed E-state index contributed by atoms with van der Waals surface area (Å²) in [5, 5.41) is 0.716. The van der Waals surface area contributed by atoms with Crippen molar-refractivity contribution in [1.82, 2.24) is 4.98 Å². The molecule has 5 rings (SSSR count). The zero-order valence-corrected chi connectivity index (χ0v) is 13.2. The number of anilines is 1. The third kappa shape index (κ3) is 1.61. The van der Waals surface area contributed by atoms with Crippen molar-refractivity contribution in [3.8, 4) is 0 Å². The second-order valence-electron chi connectivity index (χ2n) is 7.39. The van der Waals surface area contributed by atoms with Crippen LogP contribution >= 0.6 is 11.3 Å². The van der Waals surface area contributed by atoms with Crippen LogP contribution in [-0.4, -0.2) is 4.98 Å².